The van der Waals surface area contributed by atoms with Crippen LogP contribution in [0.25, 0.3) is 0 Å². The van der Waals surface area contributed by atoms with Crippen molar-refractivity contribution in [2.45, 2.75) is 6.92 Å². The molecule has 0 amide bonds. The molecule has 1 N–H and O–H groups in total. The molecule has 82 valence electrons. The normalized spacial score (nSPS) is 10.8. The van der Waals surface area contributed by atoms with Crippen molar-refractivity contribution in [3.63, 3.8) is 0 Å². The van der Waals surface area contributed by atoms with Gasteiger partial charge in [0.2, 0.25) is 0 Å². The lowest BCUT2D eigenvalue weighted by atomic mass is 10.3. The number of rotatable bonds is 4. The Bertz CT molecular complexity index is 449. The zero-order valence-electron chi connectivity index (χ0n) is 8.79. The first-order valence-electron chi connectivity index (χ1n) is 4.90. The zero-order valence-corrected chi connectivity index (χ0v) is 9.61. The molecule has 0 aliphatic heterocycles. The van der Waals surface area contributed by atoms with Crippen molar-refractivity contribution in [2.24, 2.45) is 10.2 Å². The molecule has 0 atom stereocenters. The summed E-state index contributed by atoms with van der Waals surface area (Å²) in [6.07, 6.45) is 0. The third kappa shape index (κ3) is 2.83. The summed E-state index contributed by atoms with van der Waals surface area (Å²) >= 11 is 1.36. The first kappa shape index (κ1) is 10.7. The van der Waals surface area contributed by atoms with E-state index in [-0.39, 0.29) is 0 Å². The van der Waals surface area contributed by atoms with Crippen molar-refractivity contribution < 1.29 is 0 Å². The fraction of sp³-hybridized carbons (Fsp3) is 0.200. The van der Waals surface area contributed by atoms with Crippen molar-refractivity contribution in [2.75, 3.05) is 11.9 Å². The molecule has 0 radical (unpaired) electrons. The molecule has 0 fully saturated rings. The molecule has 0 spiro atoms. The first-order chi connectivity index (χ1) is 7.88. The summed E-state index contributed by atoms with van der Waals surface area (Å²) in [5, 5.41) is 19.2. The van der Waals surface area contributed by atoms with Crippen LogP contribution in [0.3, 0.4) is 0 Å². The minimum atomic E-state index is 0.566. The molecule has 0 aliphatic carbocycles. The highest BCUT2D eigenvalue weighted by Gasteiger charge is 1.93. The summed E-state index contributed by atoms with van der Waals surface area (Å²) in [5.41, 5.74) is 3.51. The van der Waals surface area contributed by atoms with Crippen LogP contribution in [0.15, 0.2) is 40.0 Å². The smallest absolute Gasteiger partial charge is 0.251 e. The van der Waals surface area contributed by atoms with Crippen LogP contribution in [-0.2, 0) is 0 Å². The molecule has 0 saturated heterocycles. The van der Waals surface area contributed by atoms with E-state index in [2.05, 4.69) is 32.7 Å². The molecule has 16 heavy (non-hydrogen) atoms. The first-order valence-corrected chi connectivity index (χ1v) is 5.78. The maximum absolute atomic E-state index is 4.06. The van der Waals surface area contributed by atoms with Gasteiger partial charge in [-0.2, -0.15) is 0 Å². The summed E-state index contributed by atoms with van der Waals surface area (Å²) in [6, 6.07) is 7.75. The number of nitrogens with zero attached hydrogens (tertiary/aromatic N) is 4. The van der Waals surface area contributed by atoms with Crippen LogP contribution in [0, 0.1) is 0 Å². The van der Waals surface area contributed by atoms with Gasteiger partial charge < -0.3 is 5.32 Å². The van der Waals surface area contributed by atoms with Gasteiger partial charge in [0.15, 0.2) is 0 Å². The Balaban J connectivity index is 2.05. The minimum absolute atomic E-state index is 0.566. The number of benzene rings is 1. The third-order valence-corrected chi connectivity index (χ3v) is 2.42. The number of anilines is 1. The van der Waals surface area contributed by atoms with Crippen LogP contribution in [0.2, 0.25) is 0 Å². The maximum Gasteiger partial charge on any atom is 0.251 e. The topological polar surface area (TPSA) is 62.5 Å². The third-order valence-electron chi connectivity index (χ3n) is 1.85. The average molecular weight is 233 g/mol. The van der Waals surface area contributed by atoms with Gasteiger partial charge in [-0.25, -0.2) is 0 Å². The Morgan fingerprint density at radius 3 is 2.69 bits per heavy atom. The summed E-state index contributed by atoms with van der Waals surface area (Å²) in [5.74, 6) is 0. The molecule has 0 bridgehead atoms. The molecule has 0 saturated carbocycles. The Morgan fingerprint density at radius 2 is 2.06 bits per heavy atom. The van der Waals surface area contributed by atoms with E-state index in [9.17, 15) is 0 Å². The SMILES string of the molecule is CCNc1ccc(N=Nc2nncs2)cc1. The second-order valence-corrected chi connectivity index (χ2v) is 3.81. The van der Waals surface area contributed by atoms with E-state index < -0.39 is 0 Å². The van der Waals surface area contributed by atoms with E-state index in [0.717, 1.165) is 17.9 Å². The van der Waals surface area contributed by atoms with Gasteiger partial charge in [0.05, 0.1) is 5.69 Å². The Labute approximate surface area is 97.3 Å². The van der Waals surface area contributed by atoms with Crippen LogP contribution < -0.4 is 5.32 Å². The summed E-state index contributed by atoms with van der Waals surface area (Å²) in [7, 11) is 0. The molecule has 0 unspecified atom stereocenters. The molecule has 2 rings (SSSR count). The number of azo groups is 1. The minimum Gasteiger partial charge on any atom is -0.385 e. The number of hydrogen-bond donors (Lipinski definition) is 1. The van der Waals surface area contributed by atoms with Gasteiger partial charge in [0.25, 0.3) is 5.13 Å². The molecule has 2 aromatic rings. The zero-order chi connectivity index (χ0) is 11.2. The Kier molecular flexibility index (Phi) is 3.55. The molecule has 6 heteroatoms. The quantitative estimate of drug-likeness (QED) is 0.823. The second kappa shape index (κ2) is 5.32. The number of aromatic nitrogens is 2. The van der Waals surface area contributed by atoms with Gasteiger partial charge in [-0.1, -0.05) is 11.3 Å². The van der Waals surface area contributed by atoms with Gasteiger partial charge in [-0.05, 0) is 31.2 Å². The Morgan fingerprint density at radius 1 is 1.25 bits per heavy atom. The van der Waals surface area contributed by atoms with Gasteiger partial charge in [0, 0.05) is 12.2 Å². The summed E-state index contributed by atoms with van der Waals surface area (Å²) < 4.78 is 0. The van der Waals surface area contributed by atoms with Gasteiger partial charge in [0.1, 0.15) is 5.51 Å². The average Bonchev–Trinajstić information content (AvgIpc) is 2.82. The summed E-state index contributed by atoms with van der Waals surface area (Å²) in [6.45, 7) is 2.97. The van der Waals surface area contributed by atoms with Crippen molar-refractivity contribution in [1.29, 1.82) is 0 Å². The van der Waals surface area contributed by atoms with E-state index in [1.807, 2.05) is 24.3 Å². The standard InChI is InChI=1S/C10H11N5S/c1-2-11-8-3-5-9(6-4-8)13-15-10-14-12-7-16-10/h3-7,11H,2H2,1H3. The second-order valence-electron chi connectivity index (χ2n) is 3.00. The lowest BCUT2D eigenvalue weighted by molar-refractivity contribution is 1.06. The Hall–Kier alpha value is -1.82. The van der Waals surface area contributed by atoms with E-state index in [4.69, 9.17) is 0 Å². The van der Waals surface area contributed by atoms with E-state index in [0.29, 0.717) is 5.13 Å². The highest BCUT2D eigenvalue weighted by molar-refractivity contribution is 7.13. The van der Waals surface area contributed by atoms with Crippen LogP contribution >= 0.6 is 11.3 Å². The molecule has 1 aromatic carbocycles. The molecule has 1 heterocycles. The van der Waals surface area contributed by atoms with Crippen LogP contribution in [0.5, 0.6) is 0 Å². The van der Waals surface area contributed by atoms with Gasteiger partial charge >= 0.3 is 0 Å². The maximum atomic E-state index is 4.06. The van der Waals surface area contributed by atoms with Crippen molar-refractivity contribution in [1.82, 2.24) is 10.2 Å². The van der Waals surface area contributed by atoms with Crippen molar-refractivity contribution >= 4 is 27.8 Å². The molecule has 0 aliphatic rings. The summed E-state index contributed by atoms with van der Waals surface area (Å²) in [4.78, 5) is 0. The van der Waals surface area contributed by atoms with Crippen molar-refractivity contribution in [3.8, 4) is 0 Å². The predicted molar refractivity (Wildman–Crippen MR) is 64.7 cm³/mol. The molecule has 5 nitrogen and oxygen atoms in total. The predicted octanol–water partition coefficient (Wildman–Crippen LogP) is 3.39. The lowest BCUT2D eigenvalue weighted by Crippen LogP contribution is -1.94. The lowest BCUT2D eigenvalue weighted by Gasteiger charge is -2.01. The fourth-order valence-corrected chi connectivity index (χ4v) is 1.53. The molecular weight excluding hydrogens is 222 g/mol. The highest BCUT2D eigenvalue weighted by Crippen LogP contribution is 2.20. The van der Waals surface area contributed by atoms with E-state index in [1.54, 1.807) is 5.51 Å². The number of hydrogen-bond acceptors (Lipinski definition) is 6. The van der Waals surface area contributed by atoms with Crippen molar-refractivity contribution in [3.05, 3.63) is 29.8 Å². The van der Waals surface area contributed by atoms with Gasteiger partial charge in [-0.15, -0.1) is 20.4 Å². The van der Waals surface area contributed by atoms with Crippen LogP contribution in [0.4, 0.5) is 16.5 Å². The highest BCUT2D eigenvalue weighted by atomic mass is 32.1. The van der Waals surface area contributed by atoms with Crippen LogP contribution in [0.1, 0.15) is 6.92 Å². The largest absolute Gasteiger partial charge is 0.385 e. The van der Waals surface area contributed by atoms with E-state index in [1.165, 1.54) is 11.3 Å². The van der Waals surface area contributed by atoms with Crippen LogP contribution in [-0.4, -0.2) is 16.7 Å². The monoisotopic (exact) mass is 233 g/mol. The fourth-order valence-electron chi connectivity index (χ4n) is 1.16. The van der Waals surface area contributed by atoms with Gasteiger partial charge in [-0.3, -0.25) is 0 Å². The van der Waals surface area contributed by atoms with E-state index >= 15 is 0 Å². The molecular formula is C10H11N5S. The number of nitrogens with one attached hydrogen (secondary N) is 1. The molecule has 1 aromatic heterocycles.